The Bertz CT molecular complexity index is 923. The van der Waals surface area contributed by atoms with Crippen LogP contribution in [0.3, 0.4) is 0 Å². The largest absolute Gasteiger partial charge is 0.573 e. The van der Waals surface area contributed by atoms with E-state index >= 15 is 0 Å². The zero-order valence-corrected chi connectivity index (χ0v) is 14.2. The Labute approximate surface area is 146 Å². The third kappa shape index (κ3) is 3.77. The molecule has 0 saturated carbocycles. The summed E-state index contributed by atoms with van der Waals surface area (Å²) >= 11 is 7.95. The first-order valence-electron chi connectivity index (χ1n) is 6.32. The van der Waals surface area contributed by atoms with E-state index < -0.39 is 12.3 Å². The van der Waals surface area contributed by atoms with E-state index in [1.165, 1.54) is 23.5 Å². The van der Waals surface area contributed by atoms with Gasteiger partial charge in [0, 0.05) is 10.9 Å². The van der Waals surface area contributed by atoms with Gasteiger partial charge in [-0.3, -0.25) is 10.1 Å². The molecule has 11 heteroatoms. The number of ether oxygens (including phenoxy) is 1. The molecule has 1 aromatic carbocycles. The van der Waals surface area contributed by atoms with E-state index in [-0.39, 0.29) is 21.0 Å². The first kappa shape index (κ1) is 16.9. The predicted molar refractivity (Wildman–Crippen MR) is 86.1 cm³/mol. The van der Waals surface area contributed by atoms with E-state index in [0.29, 0.717) is 15.1 Å². The van der Waals surface area contributed by atoms with Gasteiger partial charge >= 0.3 is 6.36 Å². The van der Waals surface area contributed by atoms with Gasteiger partial charge in [0.2, 0.25) is 0 Å². The summed E-state index contributed by atoms with van der Waals surface area (Å²) in [5.74, 6) is -0.833. The lowest BCUT2D eigenvalue weighted by Crippen LogP contribution is -2.16. The topological polar surface area (TPSA) is 64.1 Å². The van der Waals surface area contributed by atoms with Gasteiger partial charge < -0.3 is 4.74 Å². The molecule has 0 bridgehead atoms. The van der Waals surface area contributed by atoms with Crippen molar-refractivity contribution >= 4 is 55.5 Å². The summed E-state index contributed by atoms with van der Waals surface area (Å²) in [6.45, 7) is 1.71. The van der Waals surface area contributed by atoms with Gasteiger partial charge in [0.1, 0.15) is 11.4 Å². The number of halogens is 4. The van der Waals surface area contributed by atoms with Crippen molar-refractivity contribution in [1.82, 2.24) is 9.97 Å². The molecular formula is C13H7ClF3N3O2S2. The van der Waals surface area contributed by atoms with Crippen LogP contribution in [-0.2, 0) is 0 Å². The number of aryl methyl sites for hydroxylation is 1. The van der Waals surface area contributed by atoms with Gasteiger partial charge in [-0.1, -0.05) is 22.9 Å². The Morgan fingerprint density at radius 1 is 1.29 bits per heavy atom. The number of benzene rings is 1. The zero-order valence-electron chi connectivity index (χ0n) is 11.8. The normalized spacial score (nSPS) is 11.7. The Morgan fingerprint density at radius 3 is 2.67 bits per heavy atom. The number of fused-ring (bicyclic) bond motifs is 1. The Balaban J connectivity index is 1.83. The highest BCUT2D eigenvalue weighted by Gasteiger charge is 2.31. The van der Waals surface area contributed by atoms with Crippen molar-refractivity contribution in [3.05, 3.63) is 33.2 Å². The van der Waals surface area contributed by atoms with Crippen LogP contribution in [0.4, 0.5) is 18.3 Å². The minimum atomic E-state index is -4.77. The van der Waals surface area contributed by atoms with Crippen LogP contribution in [0.25, 0.3) is 10.2 Å². The molecule has 3 rings (SSSR count). The summed E-state index contributed by atoms with van der Waals surface area (Å²) in [6, 6.07) is 3.75. The SMILES string of the molecule is Cc1sc(Cl)nc1C(=O)Nc1nc2ccc(OC(F)(F)F)cc2s1. The van der Waals surface area contributed by atoms with Crippen LogP contribution in [0.2, 0.25) is 4.47 Å². The molecule has 5 nitrogen and oxygen atoms in total. The number of aromatic nitrogens is 2. The molecule has 3 aromatic rings. The van der Waals surface area contributed by atoms with Gasteiger partial charge in [0.05, 0.1) is 10.2 Å². The van der Waals surface area contributed by atoms with Crippen molar-refractivity contribution < 1.29 is 22.7 Å². The second-order valence-electron chi connectivity index (χ2n) is 4.52. The number of amides is 1. The maximum absolute atomic E-state index is 12.2. The van der Waals surface area contributed by atoms with Crippen LogP contribution in [-0.4, -0.2) is 22.2 Å². The van der Waals surface area contributed by atoms with Gasteiger partial charge in [-0.25, -0.2) is 9.97 Å². The molecule has 0 aliphatic carbocycles. The highest BCUT2D eigenvalue weighted by atomic mass is 35.5. The molecule has 0 atom stereocenters. The number of nitrogens with one attached hydrogen (secondary N) is 1. The van der Waals surface area contributed by atoms with Gasteiger partial charge in [0.25, 0.3) is 5.91 Å². The maximum atomic E-state index is 12.2. The Kier molecular flexibility index (Phi) is 4.37. The zero-order chi connectivity index (χ0) is 17.5. The molecular weight excluding hydrogens is 387 g/mol. The van der Waals surface area contributed by atoms with E-state index in [0.717, 1.165) is 17.4 Å². The molecule has 0 saturated heterocycles. The Morgan fingerprint density at radius 2 is 2.04 bits per heavy atom. The van der Waals surface area contributed by atoms with E-state index in [2.05, 4.69) is 20.0 Å². The number of alkyl halides is 3. The van der Waals surface area contributed by atoms with Gasteiger partial charge in [0.15, 0.2) is 9.60 Å². The molecule has 24 heavy (non-hydrogen) atoms. The summed E-state index contributed by atoms with van der Waals surface area (Å²) in [5.41, 5.74) is 0.628. The second kappa shape index (κ2) is 6.19. The monoisotopic (exact) mass is 393 g/mol. The van der Waals surface area contributed by atoms with E-state index in [1.807, 2.05) is 0 Å². The fourth-order valence-corrected chi connectivity index (χ4v) is 3.83. The molecule has 1 amide bonds. The summed E-state index contributed by atoms with van der Waals surface area (Å²) in [5, 5.41) is 2.80. The van der Waals surface area contributed by atoms with Gasteiger partial charge in [-0.2, -0.15) is 0 Å². The average Bonchev–Trinajstić information content (AvgIpc) is 2.98. The first-order valence-corrected chi connectivity index (χ1v) is 8.33. The number of rotatable bonds is 3. The van der Waals surface area contributed by atoms with E-state index in [9.17, 15) is 18.0 Å². The highest BCUT2D eigenvalue weighted by Crippen LogP contribution is 2.32. The maximum Gasteiger partial charge on any atom is 0.573 e. The standard InChI is InChI=1S/C13H7ClF3N3O2S2/c1-5-9(19-11(14)23-5)10(21)20-12-18-7-3-2-6(4-8(7)24-12)22-13(15,16)17/h2-4H,1H3,(H,18,20,21). The molecule has 0 aliphatic heterocycles. The van der Waals surface area contributed by atoms with Crippen molar-refractivity contribution in [1.29, 1.82) is 0 Å². The van der Waals surface area contributed by atoms with Crippen LogP contribution >= 0.6 is 34.3 Å². The summed E-state index contributed by atoms with van der Waals surface area (Å²) < 4.78 is 41.3. The second-order valence-corrected chi connectivity index (χ2v) is 7.34. The molecule has 2 heterocycles. The van der Waals surface area contributed by atoms with Gasteiger partial charge in [-0.05, 0) is 19.1 Å². The van der Waals surface area contributed by atoms with Crippen LogP contribution < -0.4 is 10.1 Å². The van der Waals surface area contributed by atoms with Crippen LogP contribution in [0.5, 0.6) is 5.75 Å². The number of hydrogen-bond donors (Lipinski definition) is 1. The molecule has 2 aromatic heterocycles. The molecule has 126 valence electrons. The summed E-state index contributed by atoms with van der Waals surface area (Å²) in [7, 11) is 0. The molecule has 0 radical (unpaired) electrons. The molecule has 0 aliphatic rings. The number of carbonyl (C=O) groups is 1. The number of carbonyl (C=O) groups excluding carboxylic acids is 1. The number of thiazole rings is 2. The van der Waals surface area contributed by atoms with Gasteiger partial charge in [-0.15, -0.1) is 24.5 Å². The lowest BCUT2D eigenvalue weighted by molar-refractivity contribution is -0.274. The van der Waals surface area contributed by atoms with Crippen LogP contribution in [0, 0.1) is 6.92 Å². The van der Waals surface area contributed by atoms with Crippen molar-refractivity contribution in [3.63, 3.8) is 0 Å². The fourth-order valence-electron chi connectivity index (χ4n) is 1.89. The lowest BCUT2D eigenvalue weighted by Gasteiger charge is -2.07. The third-order valence-corrected chi connectivity index (χ3v) is 4.81. The van der Waals surface area contributed by atoms with Crippen LogP contribution in [0.15, 0.2) is 18.2 Å². The number of anilines is 1. The Hall–Kier alpha value is -1.91. The van der Waals surface area contributed by atoms with E-state index in [4.69, 9.17) is 11.6 Å². The van der Waals surface area contributed by atoms with Crippen molar-refractivity contribution in [2.75, 3.05) is 5.32 Å². The highest BCUT2D eigenvalue weighted by molar-refractivity contribution is 7.22. The quantitative estimate of drug-likeness (QED) is 0.689. The molecule has 0 fully saturated rings. The minimum absolute atomic E-state index is 0.186. The summed E-state index contributed by atoms with van der Waals surface area (Å²) in [6.07, 6.45) is -4.77. The van der Waals surface area contributed by atoms with Crippen molar-refractivity contribution in [2.24, 2.45) is 0 Å². The minimum Gasteiger partial charge on any atom is -0.406 e. The first-order chi connectivity index (χ1) is 11.2. The van der Waals surface area contributed by atoms with Crippen LogP contribution in [0.1, 0.15) is 15.4 Å². The molecule has 1 N–H and O–H groups in total. The molecule has 0 spiro atoms. The third-order valence-electron chi connectivity index (χ3n) is 2.80. The van der Waals surface area contributed by atoms with Crippen molar-refractivity contribution in [3.8, 4) is 5.75 Å². The fraction of sp³-hybridized carbons (Fsp3) is 0.154. The number of hydrogen-bond acceptors (Lipinski definition) is 6. The van der Waals surface area contributed by atoms with Crippen molar-refractivity contribution in [2.45, 2.75) is 13.3 Å². The predicted octanol–water partition coefficient (Wildman–Crippen LogP) is 4.87. The lowest BCUT2D eigenvalue weighted by atomic mass is 10.3. The smallest absolute Gasteiger partial charge is 0.406 e. The van der Waals surface area contributed by atoms with E-state index in [1.54, 1.807) is 6.92 Å². The summed E-state index contributed by atoms with van der Waals surface area (Å²) in [4.78, 5) is 20.9. The average molecular weight is 394 g/mol. The number of nitrogens with zero attached hydrogens (tertiary/aromatic N) is 2. The molecule has 0 unspecified atom stereocenters.